The van der Waals surface area contributed by atoms with E-state index in [0.717, 1.165) is 0 Å². The van der Waals surface area contributed by atoms with E-state index in [9.17, 15) is 13.6 Å². The fourth-order valence-corrected chi connectivity index (χ4v) is 3.45. The first-order chi connectivity index (χ1) is 13.0. The second kappa shape index (κ2) is 8.87. The van der Waals surface area contributed by atoms with Crippen molar-refractivity contribution in [2.75, 3.05) is 25.6 Å². The number of thiazole rings is 1. The quantitative estimate of drug-likeness (QED) is 0.286. The van der Waals surface area contributed by atoms with Gasteiger partial charge >= 0.3 is 0 Å². The molecule has 0 aliphatic rings. The molecule has 6 nitrogen and oxygen atoms in total. The third-order valence-corrected chi connectivity index (χ3v) is 5.00. The SMILES string of the molecule is COCCONC(=O)c1cc2scnc2c(F)c1Nc1ccc(I)cc1F. The minimum absolute atomic E-state index is 0.0281. The van der Waals surface area contributed by atoms with Gasteiger partial charge in [0.15, 0.2) is 5.82 Å². The Kier molecular flexibility index (Phi) is 6.52. The van der Waals surface area contributed by atoms with Crippen LogP contribution >= 0.6 is 33.9 Å². The van der Waals surface area contributed by atoms with Gasteiger partial charge in [-0.05, 0) is 46.9 Å². The molecule has 10 heteroatoms. The van der Waals surface area contributed by atoms with Gasteiger partial charge in [0, 0.05) is 10.7 Å². The summed E-state index contributed by atoms with van der Waals surface area (Å²) in [7, 11) is 1.50. The molecule has 0 aliphatic carbocycles. The summed E-state index contributed by atoms with van der Waals surface area (Å²) in [5.74, 6) is -1.98. The third kappa shape index (κ3) is 4.51. The number of hydrogen-bond donors (Lipinski definition) is 2. The summed E-state index contributed by atoms with van der Waals surface area (Å²) in [5.41, 5.74) is 3.64. The van der Waals surface area contributed by atoms with Gasteiger partial charge in [0.1, 0.15) is 11.3 Å². The maximum absolute atomic E-state index is 15.0. The van der Waals surface area contributed by atoms with Gasteiger partial charge in [-0.3, -0.25) is 9.63 Å². The lowest BCUT2D eigenvalue weighted by molar-refractivity contribution is 0.00893. The van der Waals surface area contributed by atoms with E-state index < -0.39 is 17.5 Å². The molecule has 0 saturated carbocycles. The van der Waals surface area contributed by atoms with Crippen molar-refractivity contribution in [2.45, 2.75) is 0 Å². The monoisotopic (exact) mass is 505 g/mol. The van der Waals surface area contributed by atoms with E-state index in [2.05, 4.69) is 15.8 Å². The van der Waals surface area contributed by atoms with Crippen molar-refractivity contribution in [3.63, 3.8) is 0 Å². The number of carbonyl (C=O) groups is 1. The minimum Gasteiger partial charge on any atom is -0.382 e. The van der Waals surface area contributed by atoms with Gasteiger partial charge < -0.3 is 10.1 Å². The van der Waals surface area contributed by atoms with E-state index in [1.807, 2.05) is 22.6 Å². The molecule has 1 amide bonds. The Labute approximate surface area is 171 Å². The van der Waals surface area contributed by atoms with Crippen molar-refractivity contribution in [2.24, 2.45) is 0 Å². The Balaban J connectivity index is 1.98. The predicted molar refractivity (Wildman–Crippen MR) is 107 cm³/mol. The van der Waals surface area contributed by atoms with Crippen LogP contribution in [0.15, 0.2) is 29.8 Å². The van der Waals surface area contributed by atoms with Crippen LogP contribution in [-0.2, 0) is 9.57 Å². The number of nitrogens with zero attached hydrogens (tertiary/aromatic N) is 1. The molecule has 27 heavy (non-hydrogen) atoms. The van der Waals surface area contributed by atoms with Gasteiger partial charge in [0.05, 0.1) is 40.4 Å². The molecule has 3 aromatic rings. The molecular weight excluding hydrogens is 491 g/mol. The van der Waals surface area contributed by atoms with Gasteiger partial charge in [0.2, 0.25) is 0 Å². The number of fused-ring (bicyclic) bond motifs is 1. The smallest absolute Gasteiger partial charge is 0.277 e. The number of anilines is 2. The first-order valence-corrected chi connectivity index (χ1v) is 9.66. The van der Waals surface area contributed by atoms with Crippen molar-refractivity contribution < 1.29 is 23.1 Å². The molecular formula is C17H14F2IN3O3S. The lowest BCUT2D eigenvalue weighted by Gasteiger charge is -2.14. The number of methoxy groups -OCH3 is 1. The van der Waals surface area contributed by atoms with Crippen LogP contribution in [0.5, 0.6) is 0 Å². The van der Waals surface area contributed by atoms with Crippen LogP contribution in [0.1, 0.15) is 10.4 Å². The van der Waals surface area contributed by atoms with Gasteiger partial charge in [-0.25, -0.2) is 19.2 Å². The van der Waals surface area contributed by atoms with Crippen molar-refractivity contribution in [3.8, 4) is 0 Å². The second-order valence-corrected chi connectivity index (χ2v) is 7.47. The zero-order valence-corrected chi connectivity index (χ0v) is 17.0. The van der Waals surface area contributed by atoms with Crippen molar-refractivity contribution in [1.29, 1.82) is 0 Å². The van der Waals surface area contributed by atoms with Crippen molar-refractivity contribution >= 4 is 61.4 Å². The molecule has 0 bridgehead atoms. The number of benzene rings is 2. The molecule has 1 aromatic heterocycles. The van der Waals surface area contributed by atoms with Crippen LogP contribution in [0.4, 0.5) is 20.2 Å². The predicted octanol–water partition coefficient (Wildman–Crippen LogP) is 4.23. The van der Waals surface area contributed by atoms with Crippen LogP contribution in [-0.4, -0.2) is 31.2 Å². The molecule has 0 atom stereocenters. The lowest BCUT2D eigenvalue weighted by Crippen LogP contribution is -2.26. The summed E-state index contributed by atoms with van der Waals surface area (Å²) in [4.78, 5) is 21.5. The summed E-state index contributed by atoms with van der Waals surface area (Å²) in [6.45, 7) is 0.406. The summed E-state index contributed by atoms with van der Waals surface area (Å²) in [6, 6.07) is 5.92. The highest BCUT2D eigenvalue weighted by atomic mass is 127. The van der Waals surface area contributed by atoms with E-state index in [4.69, 9.17) is 9.57 Å². The summed E-state index contributed by atoms with van der Waals surface area (Å²) >= 11 is 3.16. The highest BCUT2D eigenvalue weighted by molar-refractivity contribution is 14.1. The maximum atomic E-state index is 15.0. The van der Waals surface area contributed by atoms with E-state index >= 15 is 0 Å². The number of carbonyl (C=O) groups excluding carboxylic acids is 1. The number of rotatable bonds is 7. The fraction of sp³-hybridized carbons (Fsp3) is 0.176. The number of ether oxygens (including phenoxy) is 1. The van der Waals surface area contributed by atoms with Crippen LogP contribution < -0.4 is 10.8 Å². The molecule has 2 N–H and O–H groups in total. The zero-order chi connectivity index (χ0) is 19.4. The Bertz CT molecular complexity index is 983. The molecule has 3 rings (SSSR count). The molecule has 142 valence electrons. The van der Waals surface area contributed by atoms with Gasteiger partial charge in [-0.1, -0.05) is 0 Å². The van der Waals surface area contributed by atoms with Gasteiger partial charge in [-0.15, -0.1) is 11.3 Å². The van der Waals surface area contributed by atoms with Crippen LogP contribution in [0, 0.1) is 15.2 Å². The van der Waals surface area contributed by atoms with E-state index in [1.54, 1.807) is 6.07 Å². The number of nitrogens with one attached hydrogen (secondary N) is 2. The molecule has 0 radical (unpaired) electrons. The molecule has 2 aromatic carbocycles. The first kappa shape index (κ1) is 19.9. The molecule has 0 spiro atoms. The second-order valence-electron chi connectivity index (χ2n) is 5.33. The minimum atomic E-state index is -0.742. The molecule has 0 fully saturated rings. The number of amides is 1. The number of halogens is 3. The largest absolute Gasteiger partial charge is 0.382 e. The maximum Gasteiger partial charge on any atom is 0.277 e. The Morgan fingerprint density at radius 2 is 2.11 bits per heavy atom. The average Bonchev–Trinajstić information content (AvgIpc) is 3.11. The van der Waals surface area contributed by atoms with E-state index in [0.29, 0.717) is 8.27 Å². The van der Waals surface area contributed by atoms with Crippen LogP contribution in [0.2, 0.25) is 0 Å². The normalized spacial score (nSPS) is 11.0. The Morgan fingerprint density at radius 1 is 1.30 bits per heavy atom. The standard InChI is InChI=1S/C17H14F2IN3O3S/c1-25-4-5-26-23-17(24)10-7-13-16(21-8-27-13)14(19)15(10)22-12-3-2-9(20)6-11(12)18/h2-3,6-8,22H,4-5H2,1H3,(H,23,24). The molecule has 0 aliphatic heterocycles. The van der Waals surface area contributed by atoms with E-state index in [1.165, 1.54) is 42.2 Å². The summed E-state index contributed by atoms with van der Waals surface area (Å²) in [6.07, 6.45) is 0. The molecule has 1 heterocycles. The number of hydrogen-bond acceptors (Lipinski definition) is 6. The topological polar surface area (TPSA) is 72.5 Å². The highest BCUT2D eigenvalue weighted by Crippen LogP contribution is 2.33. The zero-order valence-electron chi connectivity index (χ0n) is 14.0. The summed E-state index contributed by atoms with van der Waals surface area (Å²) < 4.78 is 35.2. The highest BCUT2D eigenvalue weighted by Gasteiger charge is 2.21. The third-order valence-electron chi connectivity index (χ3n) is 3.56. The van der Waals surface area contributed by atoms with Crippen molar-refractivity contribution in [1.82, 2.24) is 10.5 Å². The van der Waals surface area contributed by atoms with E-state index in [-0.39, 0.29) is 35.7 Å². The first-order valence-electron chi connectivity index (χ1n) is 7.70. The Hall–Kier alpha value is -1.89. The van der Waals surface area contributed by atoms with Gasteiger partial charge in [-0.2, -0.15) is 0 Å². The van der Waals surface area contributed by atoms with Crippen molar-refractivity contribution in [3.05, 3.63) is 50.5 Å². The van der Waals surface area contributed by atoms with Crippen LogP contribution in [0.3, 0.4) is 0 Å². The van der Waals surface area contributed by atoms with Gasteiger partial charge in [0.25, 0.3) is 5.91 Å². The van der Waals surface area contributed by atoms with Crippen LogP contribution in [0.25, 0.3) is 10.2 Å². The lowest BCUT2D eigenvalue weighted by atomic mass is 10.1. The Morgan fingerprint density at radius 3 is 2.85 bits per heavy atom. The molecule has 0 unspecified atom stereocenters. The fourth-order valence-electron chi connectivity index (χ4n) is 2.29. The molecule has 0 saturated heterocycles. The summed E-state index contributed by atoms with van der Waals surface area (Å²) in [5, 5.41) is 2.67. The average molecular weight is 505 g/mol. The number of aromatic nitrogens is 1. The number of hydroxylamine groups is 1.